The third kappa shape index (κ3) is 2.93. The maximum atomic E-state index is 12.8. The molecular formula is C20H15N3O4S. The number of benzene rings is 1. The van der Waals surface area contributed by atoms with Crippen molar-refractivity contribution in [1.82, 2.24) is 9.97 Å². The normalized spacial score (nSPS) is 18.5. The quantitative estimate of drug-likeness (QED) is 0.416. The average Bonchev–Trinajstić information content (AvgIpc) is 3.35. The van der Waals surface area contributed by atoms with Gasteiger partial charge in [-0.05, 0) is 41.8 Å². The van der Waals surface area contributed by atoms with Gasteiger partial charge in [0.1, 0.15) is 17.6 Å². The predicted octanol–water partition coefficient (Wildman–Crippen LogP) is 3.17. The maximum absolute atomic E-state index is 12.8. The summed E-state index contributed by atoms with van der Waals surface area (Å²) in [6.45, 7) is 0. The van der Waals surface area contributed by atoms with Crippen LogP contribution in [0.25, 0.3) is 5.76 Å². The SMILES string of the molecule is COc1ccc(C(O)=C2C(=O)C(=O)N(c3ncccn3)C2c2cccs2)cc1. The van der Waals surface area contributed by atoms with E-state index in [1.165, 1.54) is 35.7 Å². The lowest BCUT2D eigenvalue weighted by Gasteiger charge is -2.21. The molecule has 1 aliphatic rings. The summed E-state index contributed by atoms with van der Waals surface area (Å²) in [5.41, 5.74) is 0.416. The first-order chi connectivity index (χ1) is 13.6. The molecule has 140 valence electrons. The van der Waals surface area contributed by atoms with Crippen LogP contribution in [0.1, 0.15) is 16.5 Å². The molecule has 0 saturated carbocycles. The summed E-state index contributed by atoms with van der Waals surface area (Å²) in [5, 5.41) is 12.8. The van der Waals surface area contributed by atoms with E-state index in [0.717, 1.165) is 4.88 Å². The van der Waals surface area contributed by atoms with Crippen LogP contribution in [0.5, 0.6) is 5.75 Å². The second-order valence-electron chi connectivity index (χ2n) is 5.96. The Kier molecular flexibility index (Phi) is 4.62. The summed E-state index contributed by atoms with van der Waals surface area (Å²) >= 11 is 1.38. The number of methoxy groups -OCH3 is 1. The lowest BCUT2D eigenvalue weighted by molar-refractivity contribution is -0.132. The fourth-order valence-electron chi connectivity index (χ4n) is 3.07. The van der Waals surface area contributed by atoms with Crippen LogP contribution in [0.15, 0.2) is 65.8 Å². The Morgan fingerprint density at radius 2 is 1.82 bits per heavy atom. The first-order valence-corrected chi connectivity index (χ1v) is 9.25. The van der Waals surface area contributed by atoms with E-state index in [1.54, 1.807) is 36.4 Å². The Hall–Kier alpha value is -3.52. The van der Waals surface area contributed by atoms with Gasteiger partial charge in [0.25, 0.3) is 5.78 Å². The molecule has 1 N–H and O–H groups in total. The zero-order valence-electron chi connectivity index (χ0n) is 14.8. The Morgan fingerprint density at radius 1 is 1.11 bits per heavy atom. The summed E-state index contributed by atoms with van der Waals surface area (Å²) in [7, 11) is 1.54. The van der Waals surface area contributed by atoms with E-state index in [1.807, 2.05) is 11.4 Å². The fourth-order valence-corrected chi connectivity index (χ4v) is 3.90. The predicted molar refractivity (Wildman–Crippen MR) is 104 cm³/mol. The number of thiophene rings is 1. The summed E-state index contributed by atoms with van der Waals surface area (Å²) < 4.78 is 5.13. The van der Waals surface area contributed by atoms with Gasteiger partial charge in [-0.25, -0.2) is 9.97 Å². The lowest BCUT2D eigenvalue weighted by atomic mass is 10.00. The molecule has 3 aromatic rings. The first kappa shape index (κ1) is 17.9. The number of carbonyl (C=O) groups excluding carboxylic acids is 2. The van der Waals surface area contributed by atoms with Crippen LogP contribution in [0.2, 0.25) is 0 Å². The smallest absolute Gasteiger partial charge is 0.302 e. The summed E-state index contributed by atoms with van der Waals surface area (Å²) in [4.78, 5) is 35.8. The summed E-state index contributed by atoms with van der Waals surface area (Å²) in [6.07, 6.45) is 2.99. The van der Waals surface area contributed by atoms with Crippen molar-refractivity contribution in [3.63, 3.8) is 0 Å². The van der Waals surface area contributed by atoms with Gasteiger partial charge in [-0.1, -0.05) is 6.07 Å². The number of anilines is 1. The Morgan fingerprint density at radius 3 is 2.43 bits per heavy atom. The number of nitrogens with zero attached hydrogens (tertiary/aromatic N) is 3. The largest absolute Gasteiger partial charge is 0.507 e. The molecule has 0 radical (unpaired) electrons. The van der Waals surface area contributed by atoms with Gasteiger partial charge >= 0.3 is 5.91 Å². The van der Waals surface area contributed by atoms with Crippen LogP contribution in [-0.4, -0.2) is 33.9 Å². The molecule has 1 saturated heterocycles. The molecule has 4 rings (SSSR count). The first-order valence-electron chi connectivity index (χ1n) is 8.37. The molecule has 3 heterocycles. The minimum Gasteiger partial charge on any atom is -0.507 e. The van der Waals surface area contributed by atoms with Gasteiger partial charge in [-0.2, -0.15) is 0 Å². The molecule has 1 aliphatic heterocycles. The molecule has 0 aliphatic carbocycles. The highest BCUT2D eigenvalue weighted by atomic mass is 32.1. The van der Waals surface area contributed by atoms with Crippen molar-refractivity contribution in [2.75, 3.05) is 12.0 Å². The topological polar surface area (TPSA) is 92.6 Å². The number of hydrogen-bond acceptors (Lipinski definition) is 7. The van der Waals surface area contributed by atoms with Crippen molar-refractivity contribution in [3.8, 4) is 5.75 Å². The highest BCUT2D eigenvalue weighted by Crippen LogP contribution is 2.42. The average molecular weight is 393 g/mol. The number of hydrogen-bond donors (Lipinski definition) is 1. The molecule has 1 unspecified atom stereocenters. The minimum absolute atomic E-state index is 0.00469. The van der Waals surface area contributed by atoms with Gasteiger partial charge in [-0.3, -0.25) is 14.5 Å². The van der Waals surface area contributed by atoms with E-state index in [2.05, 4.69) is 9.97 Å². The molecule has 1 amide bonds. The summed E-state index contributed by atoms with van der Waals surface area (Å²) in [5.74, 6) is -1.09. The number of carbonyl (C=O) groups is 2. The lowest BCUT2D eigenvalue weighted by Crippen LogP contribution is -2.30. The second-order valence-corrected chi connectivity index (χ2v) is 6.94. The monoisotopic (exact) mass is 393 g/mol. The molecule has 0 bridgehead atoms. The Labute approximate surface area is 164 Å². The Balaban J connectivity index is 1.89. The van der Waals surface area contributed by atoms with Crippen LogP contribution < -0.4 is 9.64 Å². The number of ketones is 1. The molecule has 0 spiro atoms. The Bertz CT molecular complexity index is 1050. The highest BCUT2D eigenvalue weighted by Gasteiger charge is 2.48. The number of ether oxygens (including phenoxy) is 1. The minimum atomic E-state index is -0.801. The van der Waals surface area contributed by atoms with Crippen LogP contribution >= 0.6 is 11.3 Å². The van der Waals surface area contributed by atoms with E-state index >= 15 is 0 Å². The zero-order chi connectivity index (χ0) is 19.7. The molecule has 2 aromatic heterocycles. The number of aromatic nitrogens is 2. The van der Waals surface area contributed by atoms with Crippen molar-refractivity contribution in [2.24, 2.45) is 0 Å². The van der Waals surface area contributed by atoms with Crippen molar-refractivity contribution >= 4 is 34.7 Å². The van der Waals surface area contributed by atoms with Crippen LogP contribution in [-0.2, 0) is 9.59 Å². The molecule has 1 atom stereocenters. The number of aliphatic hydroxyl groups is 1. The van der Waals surface area contributed by atoms with Gasteiger partial charge in [0, 0.05) is 22.8 Å². The van der Waals surface area contributed by atoms with Gasteiger partial charge < -0.3 is 9.84 Å². The third-order valence-corrected chi connectivity index (χ3v) is 5.31. The molecular weight excluding hydrogens is 378 g/mol. The van der Waals surface area contributed by atoms with E-state index in [4.69, 9.17) is 4.74 Å². The molecule has 8 heteroatoms. The van der Waals surface area contributed by atoms with Gasteiger partial charge in [0.15, 0.2) is 0 Å². The highest BCUT2D eigenvalue weighted by molar-refractivity contribution is 7.10. The fraction of sp³-hybridized carbons (Fsp3) is 0.100. The van der Waals surface area contributed by atoms with Crippen LogP contribution in [0.3, 0.4) is 0 Å². The number of Topliss-reactive ketones (excluding diaryl/α,β-unsaturated/α-hetero) is 1. The van der Waals surface area contributed by atoms with Crippen molar-refractivity contribution in [3.05, 3.63) is 76.3 Å². The number of amides is 1. The van der Waals surface area contributed by atoms with Crippen LogP contribution in [0, 0.1) is 0 Å². The van der Waals surface area contributed by atoms with E-state index in [0.29, 0.717) is 11.3 Å². The summed E-state index contributed by atoms with van der Waals surface area (Å²) in [6, 6.07) is 11.1. The number of aliphatic hydroxyl groups excluding tert-OH is 1. The van der Waals surface area contributed by atoms with Crippen LogP contribution in [0.4, 0.5) is 5.95 Å². The maximum Gasteiger partial charge on any atom is 0.302 e. The van der Waals surface area contributed by atoms with Crippen molar-refractivity contribution < 1.29 is 19.4 Å². The standard InChI is InChI=1S/C20H15N3O4S/c1-27-13-7-5-12(6-8-13)17(24)15-16(14-4-2-11-28-14)23(19(26)18(15)25)20-21-9-3-10-22-20/h2-11,16,24H,1H3. The van der Waals surface area contributed by atoms with E-state index in [9.17, 15) is 14.7 Å². The molecule has 1 fully saturated rings. The molecule has 1 aromatic carbocycles. The third-order valence-electron chi connectivity index (χ3n) is 4.39. The molecule has 28 heavy (non-hydrogen) atoms. The second kappa shape index (κ2) is 7.24. The zero-order valence-corrected chi connectivity index (χ0v) is 15.6. The van der Waals surface area contributed by atoms with Gasteiger partial charge in [0.2, 0.25) is 5.95 Å². The molecule has 7 nitrogen and oxygen atoms in total. The van der Waals surface area contributed by atoms with E-state index < -0.39 is 17.7 Å². The van der Waals surface area contributed by atoms with Crippen molar-refractivity contribution in [1.29, 1.82) is 0 Å². The van der Waals surface area contributed by atoms with Gasteiger partial charge in [0.05, 0.1) is 12.7 Å². The number of rotatable bonds is 4. The van der Waals surface area contributed by atoms with Crippen molar-refractivity contribution in [2.45, 2.75) is 6.04 Å². The van der Waals surface area contributed by atoms with E-state index in [-0.39, 0.29) is 17.3 Å². The van der Waals surface area contributed by atoms with Gasteiger partial charge in [-0.15, -0.1) is 11.3 Å².